The van der Waals surface area contributed by atoms with Crippen LogP contribution < -0.4 is 0 Å². The van der Waals surface area contributed by atoms with Crippen LogP contribution in [0.2, 0.25) is 0 Å². The van der Waals surface area contributed by atoms with Crippen molar-refractivity contribution < 1.29 is 0 Å². The lowest BCUT2D eigenvalue weighted by atomic mass is 9.75. The lowest BCUT2D eigenvalue weighted by Crippen LogP contribution is -2.21. The third-order valence-electron chi connectivity index (χ3n) is 5.07. The summed E-state index contributed by atoms with van der Waals surface area (Å²) in [4.78, 5) is 0. The van der Waals surface area contributed by atoms with Crippen LogP contribution in [-0.4, -0.2) is 0 Å². The summed E-state index contributed by atoms with van der Waals surface area (Å²) >= 11 is 0. The summed E-state index contributed by atoms with van der Waals surface area (Å²) in [5, 5.41) is 0. The van der Waals surface area contributed by atoms with Gasteiger partial charge >= 0.3 is 0 Å². The summed E-state index contributed by atoms with van der Waals surface area (Å²) in [5.74, 6) is 0. The molecule has 0 atom stereocenters. The van der Waals surface area contributed by atoms with Gasteiger partial charge in [-0.25, -0.2) is 0 Å². The third kappa shape index (κ3) is 6.99. The van der Waals surface area contributed by atoms with Gasteiger partial charge in [0, 0.05) is 0 Å². The molecule has 0 aromatic heterocycles. The van der Waals surface area contributed by atoms with Gasteiger partial charge in [-0.2, -0.15) is 0 Å². The maximum absolute atomic E-state index is 2.36. The molecule has 24 heavy (non-hydrogen) atoms. The smallest absolute Gasteiger partial charge is 0.0129 e. The molecule has 0 fully saturated rings. The quantitative estimate of drug-likeness (QED) is 0.403. The minimum Gasteiger partial charge on any atom is -0.0654 e. The van der Waals surface area contributed by atoms with Crippen LogP contribution in [0.15, 0.2) is 18.2 Å². The molecule has 1 rings (SSSR count). The van der Waals surface area contributed by atoms with Crippen molar-refractivity contribution in [3.8, 4) is 0 Å². The maximum Gasteiger partial charge on any atom is -0.0129 e. The molecule has 0 bridgehead atoms. The molecular weight excluding hydrogens is 288 g/mol. The summed E-state index contributed by atoms with van der Waals surface area (Å²) in [6.07, 6.45) is 12.4. The number of rotatable bonds is 9. The zero-order valence-corrected chi connectivity index (χ0v) is 17.6. The van der Waals surface area contributed by atoms with Gasteiger partial charge in [0.05, 0.1) is 0 Å². The van der Waals surface area contributed by atoms with E-state index < -0.39 is 0 Å². The molecule has 0 aliphatic carbocycles. The second-order valence-corrected chi connectivity index (χ2v) is 9.56. The van der Waals surface area contributed by atoms with Crippen LogP contribution in [0, 0.1) is 0 Å². The SMILES string of the molecule is CCCCCCCCCCc1c(C(C)(C)C)cccc1C(C)(C)C. The highest BCUT2D eigenvalue weighted by Crippen LogP contribution is 2.34. The molecule has 0 unspecified atom stereocenters. The molecular formula is C24H42. The molecule has 0 aliphatic heterocycles. The number of hydrogen-bond acceptors (Lipinski definition) is 0. The summed E-state index contributed by atoms with van der Waals surface area (Å²) in [7, 11) is 0. The predicted molar refractivity (Wildman–Crippen MR) is 110 cm³/mol. The minimum atomic E-state index is 0.233. The molecule has 0 aliphatic rings. The number of benzene rings is 1. The molecule has 0 spiro atoms. The zero-order chi connectivity index (χ0) is 18.2. The van der Waals surface area contributed by atoms with Crippen molar-refractivity contribution in [3.05, 3.63) is 34.9 Å². The van der Waals surface area contributed by atoms with Crippen LogP contribution in [0.25, 0.3) is 0 Å². The van der Waals surface area contributed by atoms with E-state index in [0.717, 1.165) is 0 Å². The monoisotopic (exact) mass is 330 g/mol. The maximum atomic E-state index is 2.36. The normalized spacial score (nSPS) is 12.6. The van der Waals surface area contributed by atoms with E-state index in [4.69, 9.17) is 0 Å². The highest BCUT2D eigenvalue weighted by molar-refractivity contribution is 5.42. The molecule has 0 saturated heterocycles. The summed E-state index contributed by atoms with van der Waals surface area (Å²) in [6.45, 7) is 16.4. The highest BCUT2D eigenvalue weighted by Gasteiger charge is 2.24. The Hall–Kier alpha value is -0.780. The highest BCUT2D eigenvalue weighted by atomic mass is 14.3. The second kappa shape index (κ2) is 9.64. The predicted octanol–water partition coefficient (Wildman–Crippen LogP) is 7.96. The van der Waals surface area contributed by atoms with Crippen molar-refractivity contribution >= 4 is 0 Å². The van der Waals surface area contributed by atoms with Gasteiger partial charge in [0.1, 0.15) is 0 Å². The molecule has 0 amide bonds. The molecule has 0 heteroatoms. The minimum absolute atomic E-state index is 0.233. The average Bonchev–Trinajstić information content (AvgIpc) is 2.48. The Morgan fingerprint density at radius 1 is 0.625 bits per heavy atom. The third-order valence-corrected chi connectivity index (χ3v) is 5.07. The Balaban J connectivity index is 2.68. The van der Waals surface area contributed by atoms with E-state index in [2.05, 4.69) is 66.7 Å². The largest absolute Gasteiger partial charge is 0.0654 e. The average molecular weight is 331 g/mol. The lowest BCUT2D eigenvalue weighted by Gasteiger charge is -2.30. The first-order valence-corrected chi connectivity index (χ1v) is 10.3. The Labute approximate surface area is 152 Å². The van der Waals surface area contributed by atoms with Crippen LogP contribution in [0.1, 0.15) is 117 Å². The first kappa shape index (κ1) is 21.3. The van der Waals surface area contributed by atoms with Crippen LogP contribution in [0.3, 0.4) is 0 Å². The van der Waals surface area contributed by atoms with Gasteiger partial charge in [0.2, 0.25) is 0 Å². The zero-order valence-electron chi connectivity index (χ0n) is 17.6. The van der Waals surface area contributed by atoms with Crippen LogP contribution in [0.5, 0.6) is 0 Å². The molecule has 1 aromatic rings. The van der Waals surface area contributed by atoms with Crippen molar-refractivity contribution in [1.82, 2.24) is 0 Å². The Bertz CT molecular complexity index is 436. The summed E-state index contributed by atoms with van der Waals surface area (Å²) in [6, 6.07) is 6.98. The summed E-state index contributed by atoms with van der Waals surface area (Å²) in [5.41, 5.74) is 5.20. The first-order chi connectivity index (χ1) is 11.2. The molecule has 1 aromatic carbocycles. The topological polar surface area (TPSA) is 0 Å². The van der Waals surface area contributed by atoms with E-state index in [-0.39, 0.29) is 10.8 Å². The van der Waals surface area contributed by atoms with E-state index in [1.165, 1.54) is 57.8 Å². The van der Waals surface area contributed by atoms with Crippen molar-refractivity contribution in [3.63, 3.8) is 0 Å². The fourth-order valence-electron chi connectivity index (χ4n) is 3.70. The van der Waals surface area contributed by atoms with Gasteiger partial charge in [-0.1, -0.05) is 112 Å². The van der Waals surface area contributed by atoms with E-state index in [1.807, 2.05) is 0 Å². The van der Waals surface area contributed by atoms with Gasteiger partial charge in [-0.05, 0) is 40.4 Å². The summed E-state index contributed by atoms with van der Waals surface area (Å²) < 4.78 is 0. The van der Waals surface area contributed by atoms with Gasteiger partial charge in [-0.15, -0.1) is 0 Å². The molecule has 0 radical (unpaired) electrons. The Morgan fingerprint density at radius 3 is 1.46 bits per heavy atom. The number of hydrogen-bond donors (Lipinski definition) is 0. The van der Waals surface area contributed by atoms with Gasteiger partial charge < -0.3 is 0 Å². The fourth-order valence-corrected chi connectivity index (χ4v) is 3.70. The van der Waals surface area contributed by atoms with E-state index in [9.17, 15) is 0 Å². The van der Waals surface area contributed by atoms with Crippen molar-refractivity contribution in [1.29, 1.82) is 0 Å². The Morgan fingerprint density at radius 2 is 1.04 bits per heavy atom. The van der Waals surface area contributed by atoms with Crippen molar-refractivity contribution in [2.45, 2.75) is 117 Å². The van der Waals surface area contributed by atoms with Crippen molar-refractivity contribution in [2.24, 2.45) is 0 Å². The van der Waals surface area contributed by atoms with Crippen LogP contribution in [-0.2, 0) is 17.3 Å². The first-order valence-electron chi connectivity index (χ1n) is 10.3. The van der Waals surface area contributed by atoms with Gasteiger partial charge in [0.25, 0.3) is 0 Å². The molecule has 0 N–H and O–H groups in total. The molecule has 0 nitrogen and oxygen atoms in total. The van der Waals surface area contributed by atoms with Crippen LogP contribution >= 0.6 is 0 Å². The number of unbranched alkanes of at least 4 members (excludes halogenated alkanes) is 7. The lowest BCUT2D eigenvalue weighted by molar-refractivity contribution is 0.541. The van der Waals surface area contributed by atoms with E-state index in [0.29, 0.717) is 0 Å². The van der Waals surface area contributed by atoms with E-state index >= 15 is 0 Å². The van der Waals surface area contributed by atoms with E-state index in [1.54, 1.807) is 16.7 Å². The molecule has 138 valence electrons. The Kier molecular flexibility index (Phi) is 8.54. The van der Waals surface area contributed by atoms with Gasteiger partial charge in [0.15, 0.2) is 0 Å². The fraction of sp³-hybridized carbons (Fsp3) is 0.750. The van der Waals surface area contributed by atoms with Crippen molar-refractivity contribution in [2.75, 3.05) is 0 Å². The molecule has 0 heterocycles. The standard InChI is InChI=1S/C24H42/c1-8-9-10-11-12-13-14-15-17-20-21(23(2,3)4)18-16-19-22(20)24(5,6)7/h16,18-19H,8-15,17H2,1-7H3. The molecule has 0 saturated carbocycles. The van der Waals surface area contributed by atoms with Gasteiger partial charge in [-0.3, -0.25) is 0 Å². The van der Waals surface area contributed by atoms with Crippen LogP contribution in [0.4, 0.5) is 0 Å². The second-order valence-electron chi connectivity index (χ2n) is 9.56.